The molecule has 0 aliphatic carbocycles. The predicted molar refractivity (Wildman–Crippen MR) is 87.2 cm³/mol. The van der Waals surface area contributed by atoms with Crippen molar-refractivity contribution < 1.29 is 9.47 Å². The number of aromatic nitrogens is 4. The van der Waals surface area contributed by atoms with Crippen molar-refractivity contribution >= 4 is 5.69 Å². The van der Waals surface area contributed by atoms with E-state index in [0.29, 0.717) is 29.6 Å². The van der Waals surface area contributed by atoms with Crippen molar-refractivity contribution in [3.63, 3.8) is 0 Å². The lowest BCUT2D eigenvalue weighted by molar-refractivity contribution is 0.311. The largest absolute Gasteiger partial charge is 0.493 e. The second kappa shape index (κ2) is 6.35. The molecule has 0 bridgehead atoms. The number of benzene rings is 2. The maximum absolute atomic E-state index is 5.90. The van der Waals surface area contributed by atoms with Crippen molar-refractivity contribution in [3.8, 4) is 34.0 Å². The first-order valence-corrected chi connectivity index (χ1v) is 7.17. The van der Waals surface area contributed by atoms with E-state index in [0.717, 1.165) is 16.7 Å². The summed E-state index contributed by atoms with van der Waals surface area (Å²) in [6.45, 7) is 2.51. The number of nitrogen functional groups attached to an aromatic ring is 1. The molecule has 0 radical (unpaired) electrons. The van der Waals surface area contributed by atoms with E-state index in [1.165, 1.54) is 0 Å². The van der Waals surface area contributed by atoms with Gasteiger partial charge in [0.25, 0.3) is 0 Å². The van der Waals surface area contributed by atoms with Crippen LogP contribution in [0, 0.1) is 0 Å². The van der Waals surface area contributed by atoms with Gasteiger partial charge >= 0.3 is 0 Å². The van der Waals surface area contributed by atoms with Crippen LogP contribution >= 0.6 is 0 Å². The Bertz CT molecular complexity index is 802. The standard InChI is InChI=1S/C16H17N5O2/c1-3-23-14-7-4-10(8-15(14)22-2)12-6-5-11(17)9-13(12)16-18-20-21-19-16/h4-9H,3,17H2,1-2H3,(H,18,19,20,21). The number of H-pyrrole nitrogens is 1. The molecule has 0 saturated heterocycles. The van der Waals surface area contributed by atoms with E-state index >= 15 is 0 Å². The normalized spacial score (nSPS) is 10.5. The van der Waals surface area contributed by atoms with Gasteiger partial charge in [0.15, 0.2) is 17.3 Å². The van der Waals surface area contributed by atoms with Gasteiger partial charge in [-0.2, -0.15) is 0 Å². The van der Waals surface area contributed by atoms with Crippen LogP contribution in [0.15, 0.2) is 36.4 Å². The van der Waals surface area contributed by atoms with Gasteiger partial charge in [-0.05, 0) is 52.7 Å². The van der Waals surface area contributed by atoms with Crippen LogP contribution in [-0.2, 0) is 0 Å². The van der Waals surface area contributed by atoms with Crippen molar-refractivity contribution in [2.24, 2.45) is 0 Å². The van der Waals surface area contributed by atoms with Gasteiger partial charge in [-0.3, -0.25) is 0 Å². The summed E-state index contributed by atoms with van der Waals surface area (Å²) in [7, 11) is 1.62. The van der Waals surface area contributed by atoms with E-state index in [-0.39, 0.29) is 0 Å². The summed E-state index contributed by atoms with van der Waals surface area (Å²) < 4.78 is 11.0. The monoisotopic (exact) mass is 311 g/mol. The molecule has 3 N–H and O–H groups in total. The number of aromatic amines is 1. The summed E-state index contributed by atoms with van der Waals surface area (Å²) in [6, 6.07) is 11.4. The van der Waals surface area contributed by atoms with Gasteiger partial charge in [0.1, 0.15) is 0 Å². The molecule has 23 heavy (non-hydrogen) atoms. The van der Waals surface area contributed by atoms with Gasteiger partial charge in [-0.1, -0.05) is 12.1 Å². The Morgan fingerprint density at radius 3 is 2.65 bits per heavy atom. The van der Waals surface area contributed by atoms with Crippen LogP contribution in [0.4, 0.5) is 5.69 Å². The zero-order valence-electron chi connectivity index (χ0n) is 12.9. The lowest BCUT2D eigenvalue weighted by atomic mass is 9.98. The van der Waals surface area contributed by atoms with Gasteiger partial charge in [-0.25, -0.2) is 5.10 Å². The Labute approximate surface area is 133 Å². The molecule has 0 spiro atoms. The molecule has 0 saturated carbocycles. The SMILES string of the molecule is CCOc1ccc(-c2ccc(N)cc2-c2nnn[nH]2)cc1OC. The summed E-state index contributed by atoms with van der Waals surface area (Å²) in [6.07, 6.45) is 0. The fourth-order valence-electron chi connectivity index (χ4n) is 2.39. The average Bonchev–Trinajstić information content (AvgIpc) is 3.10. The highest BCUT2D eigenvalue weighted by Gasteiger charge is 2.13. The number of nitrogens with two attached hydrogens (primary N) is 1. The number of ether oxygens (including phenoxy) is 2. The van der Waals surface area contributed by atoms with E-state index in [4.69, 9.17) is 15.2 Å². The molecule has 0 aliphatic rings. The van der Waals surface area contributed by atoms with E-state index in [1.807, 2.05) is 43.3 Å². The molecule has 0 unspecified atom stereocenters. The highest BCUT2D eigenvalue weighted by Crippen LogP contribution is 2.36. The highest BCUT2D eigenvalue weighted by atomic mass is 16.5. The van der Waals surface area contributed by atoms with Gasteiger partial charge in [-0.15, -0.1) is 5.10 Å². The lowest BCUT2D eigenvalue weighted by Crippen LogP contribution is -1.96. The first-order valence-electron chi connectivity index (χ1n) is 7.17. The number of hydrogen-bond donors (Lipinski definition) is 2. The zero-order chi connectivity index (χ0) is 16.2. The third-order valence-corrected chi connectivity index (χ3v) is 3.42. The molecular formula is C16H17N5O2. The predicted octanol–water partition coefficient (Wildman–Crippen LogP) is 2.52. The summed E-state index contributed by atoms with van der Waals surface area (Å²) >= 11 is 0. The molecule has 0 aliphatic heterocycles. The summed E-state index contributed by atoms with van der Waals surface area (Å²) in [5, 5.41) is 14.0. The van der Waals surface area contributed by atoms with E-state index in [2.05, 4.69) is 20.6 Å². The van der Waals surface area contributed by atoms with E-state index in [9.17, 15) is 0 Å². The molecule has 118 valence electrons. The van der Waals surface area contributed by atoms with Gasteiger partial charge in [0, 0.05) is 11.3 Å². The maximum atomic E-state index is 5.90. The second-order valence-electron chi connectivity index (χ2n) is 4.85. The lowest BCUT2D eigenvalue weighted by Gasteiger charge is -2.13. The topological polar surface area (TPSA) is 98.9 Å². The Morgan fingerprint density at radius 2 is 1.96 bits per heavy atom. The van der Waals surface area contributed by atoms with E-state index in [1.54, 1.807) is 7.11 Å². The van der Waals surface area contributed by atoms with Crippen molar-refractivity contribution in [2.45, 2.75) is 6.92 Å². The number of nitrogens with zero attached hydrogens (tertiary/aromatic N) is 3. The molecule has 1 aromatic heterocycles. The Morgan fingerprint density at radius 1 is 1.09 bits per heavy atom. The number of nitrogens with one attached hydrogen (secondary N) is 1. The Kier molecular flexibility index (Phi) is 4.09. The molecule has 1 heterocycles. The Hall–Kier alpha value is -3.09. The van der Waals surface area contributed by atoms with Crippen LogP contribution in [0.25, 0.3) is 22.5 Å². The van der Waals surface area contributed by atoms with Crippen LogP contribution in [0.5, 0.6) is 11.5 Å². The molecule has 2 aromatic carbocycles. The third-order valence-electron chi connectivity index (χ3n) is 3.42. The fourth-order valence-corrected chi connectivity index (χ4v) is 2.39. The summed E-state index contributed by atoms with van der Waals surface area (Å²) in [5.41, 5.74) is 9.26. The van der Waals surface area contributed by atoms with Crippen molar-refractivity contribution in [2.75, 3.05) is 19.5 Å². The van der Waals surface area contributed by atoms with Crippen LogP contribution in [0.1, 0.15) is 6.92 Å². The van der Waals surface area contributed by atoms with Crippen LogP contribution in [0.3, 0.4) is 0 Å². The fraction of sp³-hybridized carbons (Fsp3) is 0.188. The van der Waals surface area contributed by atoms with Gasteiger partial charge in [0.2, 0.25) is 0 Å². The zero-order valence-corrected chi connectivity index (χ0v) is 12.9. The van der Waals surface area contributed by atoms with Crippen LogP contribution in [-0.4, -0.2) is 34.3 Å². The van der Waals surface area contributed by atoms with Gasteiger partial charge in [0.05, 0.1) is 13.7 Å². The summed E-state index contributed by atoms with van der Waals surface area (Å²) in [4.78, 5) is 0. The minimum absolute atomic E-state index is 0.556. The van der Waals surface area contributed by atoms with Crippen LogP contribution in [0.2, 0.25) is 0 Å². The molecule has 0 amide bonds. The maximum Gasteiger partial charge on any atom is 0.180 e. The first kappa shape index (κ1) is 14.8. The second-order valence-corrected chi connectivity index (χ2v) is 4.85. The highest BCUT2D eigenvalue weighted by molar-refractivity contribution is 5.83. The Balaban J connectivity index is 2.12. The molecular weight excluding hydrogens is 294 g/mol. The molecule has 7 heteroatoms. The minimum atomic E-state index is 0.556. The average molecular weight is 311 g/mol. The van der Waals surface area contributed by atoms with Crippen molar-refractivity contribution in [1.82, 2.24) is 20.6 Å². The van der Waals surface area contributed by atoms with Crippen molar-refractivity contribution in [1.29, 1.82) is 0 Å². The number of tetrazole rings is 1. The van der Waals surface area contributed by atoms with E-state index < -0.39 is 0 Å². The number of methoxy groups -OCH3 is 1. The number of anilines is 1. The van der Waals surface area contributed by atoms with Crippen LogP contribution < -0.4 is 15.2 Å². The quantitative estimate of drug-likeness (QED) is 0.702. The molecule has 3 aromatic rings. The first-order chi connectivity index (χ1) is 11.2. The molecule has 3 rings (SSSR count). The summed E-state index contributed by atoms with van der Waals surface area (Å²) in [5.74, 6) is 1.93. The molecule has 0 fully saturated rings. The minimum Gasteiger partial charge on any atom is -0.493 e. The van der Waals surface area contributed by atoms with Gasteiger partial charge < -0.3 is 15.2 Å². The number of rotatable bonds is 5. The smallest absolute Gasteiger partial charge is 0.180 e. The van der Waals surface area contributed by atoms with Crippen molar-refractivity contribution in [3.05, 3.63) is 36.4 Å². The molecule has 0 atom stereocenters. The third kappa shape index (κ3) is 2.94. The number of hydrogen-bond acceptors (Lipinski definition) is 6. The molecule has 7 nitrogen and oxygen atoms in total.